The first kappa shape index (κ1) is 31.6. The summed E-state index contributed by atoms with van der Waals surface area (Å²) < 4.78 is 19.7. The minimum Gasteiger partial charge on any atom is -0.348 e. The predicted octanol–water partition coefficient (Wildman–Crippen LogP) is 10.2. The monoisotopic (exact) mass is 758 g/mol. The summed E-state index contributed by atoms with van der Waals surface area (Å²) >= 11 is 6.91. The molecule has 0 N–H and O–H groups in total. The van der Waals surface area contributed by atoms with Gasteiger partial charge in [-0.05, 0) is 72.6 Å². The van der Waals surface area contributed by atoms with Crippen molar-refractivity contribution in [3.63, 3.8) is 0 Å². The number of fused-ring (bicyclic) bond motifs is 2. The van der Waals surface area contributed by atoms with E-state index in [9.17, 15) is 4.39 Å². The van der Waals surface area contributed by atoms with Crippen LogP contribution in [0.1, 0.15) is 16.7 Å². The van der Waals surface area contributed by atoms with Gasteiger partial charge in [-0.2, -0.15) is 0 Å². The lowest BCUT2D eigenvalue weighted by Gasteiger charge is -2.08. The quantitative estimate of drug-likeness (QED) is 0.169. The van der Waals surface area contributed by atoms with Gasteiger partial charge in [0.1, 0.15) is 17.2 Å². The number of nitrogens with zero attached hydrogens (tertiary/aromatic N) is 6. The van der Waals surface area contributed by atoms with Crippen molar-refractivity contribution in [2.75, 3.05) is 0 Å². The van der Waals surface area contributed by atoms with E-state index in [0.29, 0.717) is 11.4 Å². The fourth-order valence-corrected chi connectivity index (χ4v) is 5.90. The van der Waals surface area contributed by atoms with E-state index in [1.807, 2.05) is 48.8 Å². The molecule has 0 saturated heterocycles. The molecular formula is C39H29Br2FN6. The molecule has 0 spiro atoms. The van der Waals surface area contributed by atoms with Crippen molar-refractivity contribution in [1.29, 1.82) is 0 Å². The van der Waals surface area contributed by atoms with E-state index in [2.05, 4.69) is 130 Å². The standard InChI is InChI=1S/C20H16BrN3.C19H13BrFN3/c1-14-3-2-4-16(11-14)20-22-18-9-10-24(13-19(18)23-20)12-15-5-7-17(21)8-6-15;20-15-6-4-13(5-7-15)11-24-9-8-17-18(12-24)23-19(22-17)14-2-1-3-16(21)10-14/h2-11,13H,12H2,1H3;1-10,12H,11H2. The Kier molecular flexibility index (Phi) is 9.22. The maximum Gasteiger partial charge on any atom is 0.160 e. The van der Waals surface area contributed by atoms with Crippen LogP contribution in [-0.2, 0) is 13.1 Å². The van der Waals surface area contributed by atoms with Gasteiger partial charge in [0, 0.05) is 57.9 Å². The van der Waals surface area contributed by atoms with Crippen molar-refractivity contribution in [3.8, 4) is 45.6 Å². The molecule has 0 fully saturated rings. The number of benzene rings is 4. The Morgan fingerprint density at radius 2 is 1.00 bits per heavy atom. The molecule has 0 saturated carbocycles. The summed E-state index contributed by atoms with van der Waals surface area (Å²) in [6.45, 7) is 3.65. The van der Waals surface area contributed by atoms with Gasteiger partial charge in [-0.15, -0.1) is 0 Å². The minimum absolute atomic E-state index is 0.286. The fourth-order valence-electron chi connectivity index (χ4n) is 5.37. The maximum absolute atomic E-state index is 13.4. The van der Waals surface area contributed by atoms with Crippen LogP contribution >= 0.6 is 31.9 Å². The SMILES string of the molecule is Cc1cccc(-c2nc3ccn(Cc4ccc(Br)cc4)cc-3n2)c1.Fc1cccc(-c2nc3ccn(Cc4ccc(Br)cc4)cc-3n2)c1. The Labute approximate surface area is 295 Å². The normalized spacial score (nSPS) is 11.1. The Bertz CT molecular complexity index is 2080. The summed E-state index contributed by atoms with van der Waals surface area (Å²) in [6, 6.07) is 35.2. The fraction of sp³-hybridized carbons (Fsp3) is 0.0769. The van der Waals surface area contributed by atoms with Crippen molar-refractivity contribution in [2.24, 2.45) is 0 Å². The summed E-state index contributed by atoms with van der Waals surface area (Å²) in [4.78, 5) is 18.4. The van der Waals surface area contributed by atoms with Crippen LogP contribution in [0.4, 0.5) is 4.39 Å². The van der Waals surface area contributed by atoms with Crippen LogP contribution in [0.5, 0.6) is 0 Å². The molecule has 4 aliphatic rings. The third kappa shape index (κ3) is 7.59. The first-order chi connectivity index (χ1) is 23.3. The van der Waals surface area contributed by atoms with Gasteiger partial charge in [-0.25, -0.2) is 24.3 Å². The summed E-state index contributed by atoms with van der Waals surface area (Å²) in [6.07, 6.45) is 8.06. The van der Waals surface area contributed by atoms with E-state index in [1.165, 1.54) is 28.8 Å². The second kappa shape index (κ2) is 14.0. The van der Waals surface area contributed by atoms with Gasteiger partial charge in [0.15, 0.2) is 11.6 Å². The second-order valence-electron chi connectivity index (χ2n) is 11.5. The number of aromatic nitrogens is 6. The van der Waals surface area contributed by atoms with Gasteiger partial charge in [-0.3, -0.25) is 0 Å². The van der Waals surface area contributed by atoms with Crippen molar-refractivity contribution in [2.45, 2.75) is 20.0 Å². The predicted molar refractivity (Wildman–Crippen MR) is 195 cm³/mol. The van der Waals surface area contributed by atoms with Gasteiger partial charge >= 0.3 is 0 Å². The van der Waals surface area contributed by atoms with Crippen molar-refractivity contribution in [3.05, 3.63) is 165 Å². The molecule has 0 aliphatic carbocycles. The molecule has 0 radical (unpaired) electrons. The molecule has 4 aromatic carbocycles. The molecule has 0 bridgehead atoms. The number of rotatable bonds is 6. The van der Waals surface area contributed by atoms with Crippen LogP contribution in [0.2, 0.25) is 0 Å². The van der Waals surface area contributed by atoms with E-state index in [1.54, 1.807) is 6.07 Å². The largest absolute Gasteiger partial charge is 0.348 e. The van der Waals surface area contributed by atoms with E-state index < -0.39 is 0 Å². The van der Waals surface area contributed by atoms with E-state index >= 15 is 0 Å². The molecule has 6 nitrogen and oxygen atoms in total. The number of hydrogen-bond donors (Lipinski definition) is 0. The Balaban J connectivity index is 0.000000152. The molecule has 48 heavy (non-hydrogen) atoms. The molecule has 4 heterocycles. The highest BCUT2D eigenvalue weighted by Gasteiger charge is 2.14. The van der Waals surface area contributed by atoms with Gasteiger partial charge < -0.3 is 9.13 Å². The highest BCUT2D eigenvalue weighted by molar-refractivity contribution is 9.10. The van der Waals surface area contributed by atoms with Crippen LogP contribution < -0.4 is 0 Å². The van der Waals surface area contributed by atoms with Gasteiger partial charge in [-0.1, -0.05) is 92.0 Å². The highest BCUT2D eigenvalue weighted by atomic mass is 79.9. The summed E-state index contributed by atoms with van der Waals surface area (Å²) in [7, 11) is 0. The van der Waals surface area contributed by atoms with Crippen molar-refractivity contribution >= 4 is 31.9 Å². The van der Waals surface area contributed by atoms with Gasteiger partial charge in [0.25, 0.3) is 0 Å². The second-order valence-corrected chi connectivity index (χ2v) is 13.3. The van der Waals surface area contributed by atoms with Crippen LogP contribution in [0, 0.1) is 12.7 Å². The first-order valence-corrected chi connectivity index (χ1v) is 16.9. The smallest absolute Gasteiger partial charge is 0.160 e. The number of pyridine rings is 2. The van der Waals surface area contributed by atoms with Crippen LogP contribution in [0.25, 0.3) is 45.6 Å². The van der Waals surface area contributed by atoms with Gasteiger partial charge in [0.2, 0.25) is 0 Å². The molecule has 9 heteroatoms. The number of halogens is 3. The number of aryl methyl sites for hydroxylation is 1. The van der Waals surface area contributed by atoms with Crippen LogP contribution in [-0.4, -0.2) is 29.1 Å². The molecule has 8 rings (SSSR count). The zero-order chi connectivity index (χ0) is 33.0. The molecule has 0 atom stereocenters. The average Bonchev–Trinajstić information content (AvgIpc) is 3.72. The first-order valence-electron chi connectivity index (χ1n) is 15.3. The van der Waals surface area contributed by atoms with E-state index in [0.717, 1.165) is 56.2 Å². The molecule has 0 amide bonds. The zero-order valence-corrected chi connectivity index (χ0v) is 29.1. The van der Waals surface area contributed by atoms with Crippen molar-refractivity contribution < 1.29 is 4.39 Å². The number of imidazole rings is 2. The summed E-state index contributed by atoms with van der Waals surface area (Å²) in [5.74, 6) is 1.05. The van der Waals surface area contributed by atoms with E-state index in [-0.39, 0.29) is 5.82 Å². The average molecular weight is 761 g/mol. The van der Waals surface area contributed by atoms with Crippen LogP contribution in [0.15, 0.2) is 143 Å². The molecule has 4 aliphatic heterocycles. The Hall–Kier alpha value is -4.99. The Morgan fingerprint density at radius 3 is 1.48 bits per heavy atom. The lowest BCUT2D eigenvalue weighted by Crippen LogP contribution is -2.00. The van der Waals surface area contributed by atoms with Gasteiger partial charge in [0.05, 0.1) is 11.4 Å². The number of hydrogen-bond acceptors (Lipinski definition) is 4. The molecule has 4 aromatic rings. The minimum atomic E-state index is -0.286. The molecule has 0 unspecified atom stereocenters. The summed E-state index contributed by atoms with van der Waals surface area (Å²) in [5.41, 5.74) is 8.87. The third-order valence-electron chi connectivity index (χ3n) is 7.77. The van der Waals surface area contributed by atoms with Crippen LogP contribution in [0.3, 0.4) is 0 Å². The maximum atomic E-state index is 13.4. The molecule has 0 aromatic heterocycles. The van der Waals surface area contributed by atoms with Crippen molar-refractivity contribution in [1.82, 2.24) is 29.1 Å². The molecule has 236 valence electrons. The zero-order valence-electron chi connectivity index (χ0n) is 25.9. The lowest BCUT2D eigenvalue weighted by molar-refractivity contribution is 0.628. The molecular weight excluding hydrogens is 731 g/mol. The lowest BCUT2D eigenvalue weighted by atomic mass is 10.1. The Morgan fingerprint density at radius 1 is 0.542 bits per heavy atom. The topological polar surface area (TPSA) is 61.4 Å². The highest BCUT2D eigenvalue weighted by Crippen LogP contribution is 2.27. The van der Waals surface area contributed by atoms with E-state index in [4.69, 9.17) is 4.98 Å². The third-order valence-corrected chi connectivity index (χ3v) is 8.83. The summed E-state index contributed by atoms with van der Waals surface area (Å²) in [5, 5.41) is 0.